The van der Waals surface area contributed by atoms with E-state index in [9.17, 15) is 0 Å². The molecule has 1 unspecified atom stereocenters. The highest BCUT2D eigenvalue weighted by Crippen LogP contribution is 2.17. The van der Waals surface area contributed by atoms with Gasteiger partial charge in [-0.05, 0) is 26.2 Å². The summed E-state index contributed by atoms with van der Waals surface area (Å²) in [5, 5.41) is 8.59. The largest absolute Gasteiger partial charge is 0.396 e. The molecule has 0 aliphatic carbocycles. The van der Waals surface area contributed by atoms with Crippen molar-refractivity contribution in [3.63, 3.8) is 0 Å². The summed E-state index contributed by atoms with van der Waals surface area (Å²) >= 11 is 0. The predicted molar refractivity (Wildman–Crippen MR) is 50.5 cm³/mol. The lowest BCUT2D eigenvalue weighted by Crippen LogP contribution is -2.30. The number of hydrogen-bond donors (Lipinski definition) is 1. The van der Waals surface area contributed by atoms with Gasteiger partial charge in [0.25, 0.3) is 0 Å². The molecule has 3 heteroatoms. The molecule has 0 aromatic rings. The van der Waals surface area contributed by atoms with E-state index in [4.69, 9.17) is 14.6 Å². The van der Waals surface area contributed by atoms with Gasteiger partial charge in [-0.15, -0.1) is 0 Å². The second kappa shape index (κ2) is 6.35. The first-order chi connectivity index (χ1) is 6.33. The van der Waals surface area contributed by atoms with Crippen LogP contribution >= 0.6 is 0 Å². The Labute approximate surface area is 80.0 Å². The summed E-state index contributed by atoms with van der Waals surface area (Å²) in [7, 11) is 0. The van der Waals surface area contributed by atoms with Crippen molar-refractivity contribution in [3.8, 4) is 0 Å². The monoisotopic (exact) mass is 188 g/mol. The third kappa shape index (κ3) is 4.60. The molecule has 1 heterocycles. The lowest BCUT2D eigenvalue weighted by atomic mass is 10.1. The molecule has 0 bridgehead atoms. The van der Waals surface area contributed by atoms with Crippen molar-refractivity contribution in [2.24, 2.45) is 0 Å². The molecule has 1 aliphatic rings. The van der Waals surface area contributed by atoms with E-state index in [1.807, 2.05) is 6.92 Å². The first-order valence-corrected chi connectivity index (χ1v) is 5.21. The quantitative estimate of drug-likeness (QED) is 0.667. The van der Waals surface area contributed by atoms with Crippen LogP contribution in [-0.2, 0) is 9.47 Å². The second-order valence-electron chi connectivity index (χ2n) is 3.56. The molecule has 0 radical (unpaired) electrons. The van der Waals surface area contributed by atoms with E-state index >= 15 is 0 Å². The standard InChI is InChI=1S/C10H20O3/c1-9-12-8-6-10(13-9)5-3-2-4-7-11/h9-11H,2-8H2,1H3/t9?,10-/m0/s1. The van der Waals surface area contributed by atoms with E-state index in [1.54, 1.807) is 0 Å². The maximum atomic E-state index is 8.59. The first-order valence-electron chi connectivity index (χ1n) is 5.21. The number of aliphatic hydroxyl groups excluding tert-OH is 1. The van der Waals surface area contributed by atoms with Gasteiger partial charge >= 0.3 is 0 Å². The zero-order valence-electron chi connectivity index (χ0n) is 8.37. The van der Waals surface area contributed by atoms with Gasteiger partial charge in [-0.25, -0.2) is 0 Å². The average molecular weight is 188 g/mol. The van der Waals surface area contributed by atoms with Crippen molar-refractivity contribution < 1.29 is 14.6 Å². The van der Waals surface area contributed by atoms with Gasteiger partial charge in [0.05, 0.1) is 12.7 Å². The highest BCUT2D eigenvalue weighted by molar-refractivity contribution is 4.62. The number of unbranched alkanes of at least 4 members (excludes halogenated alkanes) is 2. The van der Waals surface area contributed by atoms with E-state index < -0.39 is 0 Å². The van der Waals surface area contributed by atoms with Crippen LogP contribution < -0.4 is 0 Å². The Hall–Kier alpha value is -0.120. The second-order valence-corrected chi connectivity index (χ2v) is 3.56. The summed E-state index contributed by atoms with van der Waals surface area (Å²) in [5.41, 5.74) is 0. The van der Waals surface area contributed by atoms with Crippen LogP contribution in [0.4, 0.5) is 0 Å². The topological polar surface area (TPSA) is 38.7 Å². The molecule has 78 valence electrons. The average Bonchev–Trinajstić information content (AvgIpc) is 2.13. The van der Waals surface area contributed by atoms with Crippen LogP contribution in [0.1, 0.15) is 39.0 Å². The fourth-order valence-corrected chi connectivity index (χ4v) is 1.62. The minimum absolute atomic E-state index is 0.0309. The van der Waals surface area contributed by atoms with Crippen LogP contribution in [0.2, 0.25) is 0 Å². The van der Waals surface area contributed by atoms with Crippen LogP contribution in [0.25, 0.3) is 0 Å². The van der Waals surface area contributed by atoms with Gasteiger partial charge in [0.1, 0.15) is 0 Å². The number of rotatable bonds is 5. The van der Waals surface area contributed by atoms with Gasteiger partial charge < -0.3 is 14.6 Å². The van der Waals surface area contributed by atoms with Crippen molar-refractivity contribution in [2.45, 2.75) is 51.4 Å². The van der Waals surface area contributed by atoms with E-state index in [-0.39, 0.29) is 6.29 Å². The van der Waals surface area contributed by atoms with E-state index in [0.29, 0.717) is 12.7 Å². The summed E-state index contributed by atoms with van der Waals surface area (Å²) in [6.07, 6.45) is 5.64. The smallest absolute Gasteiger partial charge is 0.155 e. The molecule has 1 rings (SSSR count). The maximum absolute atomic E-state index is 8.59. The van der Waals surface area contributed by atoms with E-state index in [1.165, 1.54) is 0 Å². The minimum atomic E-state index is -0.0309. The number of aliphatic hydroxyl groups is 1. The van der Waals surface area contributed by atoms with Gasteiger partial charge in [0, 0.05) is 6.61 Å². The van der Waals surface area contributed by atoms with Crippen LogP contribution in [0.5, 0.6) is 0 Å². The normalized spacial score (nSPS) is 29.1. The molecule has 1 fully saturated rings. The molecule has 0 spiro atoms. The maximum Gasteiger partial charge on any atom is 0.155 e. The zero-order valence-corrected chi connectivity index (χ0v) is 8.37. The molecule has 0 saturated carbocycles. The summed E-state index contributed by atoms with van der Waals surface area (Å²) in [6.45, 7) is 3.08. The van der Waals surface area contributed by atoms with Crippen LogP contribution in [0.15, 0.2) is 0 Å². The molecule has 1 N–H and O–H groups in total. The van der Waals surface area contributed by atoms with Gasteiger partial charge in [-0.2, -0.15) is 0 Å². The highest BCUT2D eigenvalue weighted by atomic mass is 16.7. The van der Waals surface area contributed by atoms with Crippen molar-refractivity contribution in [2.75, 3.05) is 13.2 Å². The Bertz CT molecular complexity index is 127. The van der Waals surface area contributed by atoms with Crippen molar-refractivity contribution in [1.29, 1.82) is 0 Å². The van der Waals surface area contributed by atoms with E-state index in [0.717, 1.165) is 38.7 Å². The van der Waals surface area contributed by atoms with Crippen molar-refractivity contribution in [1.82, 2.24) is 0 Å². The summed E-state index contributed by atoms with van der Waals surface area (Å²) in [5.74, 6) is 0. The van der Waals surface area contributed by atoms with Crippen LogP contribution in [0, 0.1) is 0 Å². The minimum Gasteiger partial charge on any atom is -0.396 e. The SMILES string of the molecule is CC1OCC[C@H](CCCCCO)O1. The summed E-state index contributed by atoms with van der Waals surface area (Å²) in [6, 6.07) is 0. The predicted octanol–water partition coefficient (Wildman–Crippen LogP) is 1.69. The third-order valence-corrected chi connectivity index (χ3v) is 2.36. The number of hydrogen-bond acceptors (Lipinski definition) is 3. The van der Waals surface area contributed by atoms with Crippen molar-refractivity contribution in [3.05, 3.63) is 0 Å². The molecule has 0 aromatic carbocycles. The molecule has 1 aliphatic heterocycles. The third-order valence-electron chi connectivity index (χ3n) is 2.36. The lowest BCUT2D eigenvalue weighted by Gasteiger charge is -2.28. The number of ether oxygens (including phenoxy) is 2. The first kappa shape index (κ1) is 11.0. The molecule has 2 atom stereocenters. The fraction of sp³-hybridized carbons (Fsp3) is 1.00. The molecule has 1 saturated heterocycles. The summed E-state index contributed by atoms with van der Waals surface area (Å²) in [4.78, 5) is 0. The molecular formula is C10H20O3. The lowest BCUT2D eigenvalue weighted by molar-refractivity contribution is -0.203. The molecule has 3 nitrogen and oxygen atoms in total. The van der Waals surface area contributed by atoms with Gasteiger partial charge in [-0.3, -0.25) is 0 Å². The Morgan fingerprint density at radius 3 is 2.85 bits per heavy atom. The van der Waals surface area contributed by atoms with E-state index in [2.05, 4.69) is 0 Å². The van der Waals surface area contributed by atoms with Gasteiger partial charge in [0.2, 0.25) is 0 Å². The Morgan fingerprint density at radius 1 is 1.31 bits per heavy atom. The zero-order chi connectivity index (χ0) is 9.52. The Balaban J connectivity index is 2.00. The molecule has 0 amide bonds. The fourth-order valence-electron chi connectivity index (χ4n) is 1.62. The summed E-state index contributed by atoms with van der Waals surface area (Å²) < 4.78 is 10.9. The van der Waals surface area contributed by atoms with Crippen LogP contribution in [0.3, 0.4) is 0 Å². The van der Waals surface area contributed by atoms with Gasteiger partial charge in [0.15, 0.2) is 6.29 Å². The van der Waals surface area contributed by atoms with Crippen LogP contribution in [-0.4, -0.2) is 30.7 Å². The highest BCUT2D eigenvalue weighted by Gasteiger charge is 2.18. The molecule has 13 heavy (non-hydrogen) atoms. The Morgan fingerprint density at radius 2 is 2.15 bits per heavy atom. The Kier molecular flexibility index (Phi) is 5.35. The molecular weight excluding hydrogens is 168 g/mol. The van der Waals surface area contributed by atoms with Crippen molar-refractivity contribution >= 4 is 0 Å². The molecule has 0 aromatic heterocycles. The van der Waals surface area contributed by atoms with Gasteiger partial charge in [-0.1, -0.05) is 12.8 Å².